The average molecular weight is 439 g/mol. The second-order valence-corrected chi connectivity index (χ2v) is 8.68. The van der Waals surface area contributed by atoms with Gasteiger partial charge in [-0.15, -0.1) is 11.8 Å². The molecule has 2 aliphatic rings. The molecular formula is C21H21F4N3OS. The van der Waals surface area contributed by atoms with Crippen LogP contribution in [0.3, 0.4) is 0 Å². The largest absolute Gasteiger partial charge is 0.417 e. The number of halogens is 4. The van der Waals surface area contributed by atoms with Crippen LogP contribution < -0.4 is 10.2 Å². The third-order valence-corrected chi connectivity index (χ3v) is 6.72. The number of hydrogen-bond acceptors (Lipinski definition) is 4. The number of anilines is 1. The predicted octanol–water partition coefficient (Wildman–Crippen LogP) is 4.81. The van der Waals surface area contributed by atoms with E-state index in [4.69, 9.17) is 0 Å². The number of nitrogens with one attached hydrogen (secondary N) is 1. The molecule has 1 saturated heterocycles. The van der Waals surface area contributed by atoms with E-state index in [9.17, 15) is 22.4 Å². The van der Waals surface area contributed by atoms with Crippen LogP contribution >= 0.6 is 11.8 Å². The lowest BCUT2D eigenvalue weighted by Crippen LogP contribution is -2.42. The third-order valence-electron chi connectivity index (χ3n) is 5.59. The summed E-state index contributed by atoms with van der Waals surface area (Å²) in [5.41, 5.74) is 0.0499. The number of carbonyl (C=O) groups excluding carboxylic acids is 1. The van der Waals surface area contributed by atoms with Crippen LogP contribution in [0.4, 0.5) is 23.4 Å². The van der Waals surface area contributed by atoms with Crippen molar-refractivity contribution in [3.8, 4) is 0 Å². The van der Waals surface area contributed by atoms with Gasteiger partial charge in [0.2, 0.25) is 5.91 Å². The fraction of sp³-hybridized carbons (Fsp3) is 0.429. The highest BCUT2D eigenvalue weighted by molar-refractivity contribution is 7.99. The van der Waals surface area contributed by atoms with Gasteiger partial charge >= 0.3 is 6.18 Å². The van der Waals surface area contributed by atoms with Crippen molar-refractivity contribution in [2.24, 2.45) is 5.92 Å². The summed E-state index contributed by atoms with van der Waals surface area (Å²) < 4.78 is 51.7. The summed E-state index contributed by atoms with van der Waals surface area (Å²) in [5.74, 6) is 0.801. The van der Waals surface area contributed by atoms with Gasteiger partial charge in [0.1, 0.15) is 11.6 Å². The van der Waals surface area contributed by atoms with Crippen LogP contribution in [0.2, 0.25) is 0 Å². The molecule has 1 fully saturated rings. The Hall–Kier alpha value is -2.29. The summed E-state index contributed by atoms with van der Waals surface area (Å²) >= 11 is 1.66. The Morgan fingerprint density at radius 3 is 2.57 bits per heavy atom. The summed E-state index contributed by atoms with van der Waals surface area (Å²) in [4.78, 5) is 19.6. The fourth-order valence-corrected chi connectivity index (χ4v) is 5.02. The quantitative estimate of drug-likeness (QED) is 0.698. The van der Waals surface area contributed by atoms with Crippen LogP contribution in [-0.2, 0) is 11.0 Å². The molecule has 30 heavy (non-hydrogen) atoms. The summed E-state index contributed by atoms with van der Waals surface area (Å²) in [7, 11) is 0. The third kappa shape index (κ3) is 4.55. The lowest BCUT2D eigenvalue weighted by Gasteiger charge is -2.33. The van der Waals surface area contributed by atoms with Gasteiger partial charge in [0, 0.05) is 35.9 Å². The maximum absolute atomic E-state index is 13.7. The number of rotatable bonds is 3. The Kier molecular flexibility index (Phi) is 5.90. The van der Waals surface area contributed by atoms with E-state index in [1.165, 1.54) is 18.2 Å². The first-order valence-corrected chi connectivity index (χ1v) is 10.8. The monoisotopic (exact) mass is 439 g/mol. The standard InChI is InChI=1S/C21H21F4N3OS/c22-15-2-3-18-16(11-15)17(7-10-30-18)27-20(29)13-5-8-28(9-6-13)19-4-1-14(12-26-19)21(23,24)25/h1-4,11-13,17H,5-10H2,(H,27,29)/t17-/m1/s1. The van der Waals surface area contributed by atoms with Crippen LogP contribution in [-0.4, -0.2) is 29.7 Å². The van der Waals surface area contributed by atoms with Crippen LogP contribution in [0.25, 0.3) is 0 Å². The van der Waals surface area contributed by atoms with Gasteiger partial charge in [-0.25, -0.2) is 9.37 Å². The number of alkyl halides is 3. The zero-order valence-electron chi connectivity index (χ0n) is 16.1. The molecule has 0 spiro atoms. The molecule has 1 amide bonds. The van der Waals surface area contributed by atoms with E-state index in [-0.39, 0.29) is 23.7 Å². The zero-order valence-corrected chi connectivity index (χ0v) is 16.9. The van der Waals surface area contributed by atoms with Crippen LogP contribution in [0.1, 0.15) is 36.4 Å². The number of amides is 1. The Morgan fingerprint density at radius 2 is 1.90 bits per heavy atom. The first kappa shape index (κ1) is 21.0. The normalized spacial score (nSPS) is 20.0. The molecule has 2 aliphatic heterocycles. The van der Waals surface area contributed by atoms with Crippen molar-refractivity contribution in [2.45, 2.75) is 36.4 Å². The smallest absolute Gasteiger partial charge is 0.357 e. The lowest BCUT2D eigenvalue weighted by atomic mass is 9.94. The van der Waals surface area contributed by atoms with Crippen molar-refractivity contribution in [3.63, 3.8) is 0 Å². The topological polar surface area (TPSA) is 45.2 Å². The highest BCUT2D eigenvalue weighted by Gasteiger charge is 2.32. The lowest BCUT2D eigenvalue weighted by molar-refractivity contribution is -0.137. The van der Waals surface area contributed by atoms with Crippen LogP contribution in [0.15, 0.2) is 41.4 Å². The number of aromatic nitrogens is 1. The van der Waals surface area contributed by atoms with E-state index in [0.717, 1.165) is 34.9 Å². The number of fused-ring (bicyclic) bond motifs is 1. The van der Waals surface area contributed by atoms with Crippen molar-refractivity contribution in [3.05, 3.63) is 53.5 Å². The van der Waals surface area contributed by atoms with Gasteiger partial charge in [-0.2, -0.15) is 13.2 Å². The van der Waals surface area contributed by atoms with Gasteiger partial charge in [-0.3, -0.25) is 4.79 Å². The van der Waals surface area contributed by atoms with E-state index < -0.39 is 11.7 Å². The molecule has 0 unspecified atom stereocenters. The van der Waals surface area contributed by atoms with Crippen molar-refractivity contribution in [1.29, 1.82) is 0 Å². The number of carbonyl (C=O) groups is 1. The molecule has 4 nitrogen and oxygen atoms in total. The minimum Gasteiger partial charge on any atom is -0.357 e. The molecule has 1 N–H and O–H groups in total. The summed E-state index contributed by atoms with van der Waals surface area (Å²) in [6.45, 7) is 1.09. The van der Waals surface area contributed by atoms with Crippen molar-refractivity contribution in [2.75, 3.05) is 23.7 Å². The number of thioether (sulfide) groups is 1. The summed E-state index contributed by atoms with van der Waals surface area (Å²) in [6.07, 6.45) is -1.64. The molecule has 0 saturated carbocycles. The van der Waals surface area contributed by atoms with Crippen LogP contribution in [0, 0.1) is 11.7 Å². The molecule has 3 heterocycles. The molecular weight excluding hydrogens is 418 g/mol. The SMILES string of the molecule is O=C(N[C@@H]1CCSc2ccc(F)cc21)C1CCN(c2ccc(C(F)(F)F)cn2)CC1. The molecule has 1 aromatic heterocycles. The first-order valence-electron chi connectivity index (χ1n) is 9.82. The van der Waals surface area contributed by atoms with E-state index in [1.807, 2.05) is 4.90 Å². The minimum atomic E-state index is -4.41. The Balaban J connectivity index is 1.35. The van der Waals surface area contributed by atoms with Gasteiger partial charge in [0.25, 0.3) is 0 Å². The van der Waals surface area contributed by atoms with Crippen molar-refractivity contribution < 1.29 is 22.4 Å². The number of nitrogens with zero attached hydrogens (tertiary/aromatic N) is 2. The minimum absolute atomic E-state index is 0.0536. The van der Waals surface area contributed by atoms with Gasteiger partial charge < -0.3 is 10.2 Å². The number of hydrogen-bond donors (Lipinski definition) is 1. The van der Waals surface area contributed by atoms with Gasteiger partial charge in [0.05, 0.1) is 11.6 Å². The molecule has 1 atom stereocenters. The summed E-state index contributed by atoms with van der Waals surface area (Å²) in [5, 5.41) is 3.07. The van der Waals surface area contributed by atoms with E-state index in [2.05, 4.69) is 10.3 Å². The molecule has 0 radical (unpaired) electrons. The Bertz CT molecular complexity index is 911. The van der Waals surface area contributed by atoms with Crippen molar-refractivity contribution in [1.82, 2.24) is 10.3 Å². The zero-order chi connectivity index (χ0) is 21.3. The van der Waals surface area contributed by atoms with Gasteiger partial charge in [-0.1, -0.05) is 0 Å². The second kappa shape index (κ2) is 8.45. The van der Waals surface area contributed by atoms with E-state index in [0.29, 0.717) is 31.7 Å². The molecule has 1 aromatic carbocycles. The maximum atomic E-state index is 13.7. The number of pyridine rings is 1. The van der Waals surface area contributed by atoms with Crippen LogP contribution in [0.5, 0.6) is 0 Å². The average Bonchev–Trinajstić information content (AvgIpc) is 2.74. The number of benzene rings is 1. The molecule has 0 bridgehead atoms. The summed E-state index contributed by atoms with van der Waals surface area (Å²) in [6, 6.07) is 6.88. The molecule has 2 aromatic rings. The molecule has 4 rings (SSSR count). The van der Waals surface area contributed by atoms with Gasteiger partial charge in [0.15, 0.2) is 0 Å². The maximum Gasteiger partial charge on any atom is 0.417 e. The highest BCUT2D eigenvalue weighted by atomic mass is 32.2. The number of piperidine rings is 1. The molecule has 9 heteroatoms. The highest BCUT2D eigenvalue weighted by Crippen LogP contribution is 2.37. The second-order valence-electron chi connectivity index (χ2n) is 7.54. The van der Waals surface area contributed by atoms with E-state index >= 15 is 0 Å². The fourth-order valence-electron chi connectivity index (χ4n) is 3.92. The van der Waals surface area contributed by atoms with E-state index in [1.54, 1.807) is 17.8 Å². The van der Waals surface area contributed by atoms with Crippen molar-refractivity contribution >= 4 is 23.5 Å². The molecule has 0 aliphatic carbocycles. The Morgan fingerprint density at radius 1 is 1.13 bits per heavy atom. The first-order chi connectivity index (χ1) is 14.3. The predicted molar refractivity (Wildman–Crippen MR) is 107 cm³/mol. The Labute approximate surface area is 176 Å². The molecule has 160 valence electrons. The van der Waals surface area contributed by atoms with Gasteiger partial charge in [-0.05, 0) is 55.2 Å².